The van der Waals surface area contributed by atoms with E-state index in [9.17, 15) is 0 Å². The summed E-state index contributed by atoms with van der Waals surface area (Å²) in [5.74, 6) is -2.82. The van der Waals surface area contributed by atoms with Crippen LogP contribution in [0, 0.1) is 0 Å². The molecule has 0 radical (unpaired) electrons. The lowest BCUT2D eigenvalue weighted by Gasteiger charge is -2.30. The molecule has 2 aromatic carbocycles. The Kier molecular flexibility index (Phi) is 9.89. The number of ether oxygens (including phenoxy) is 1. The molecular formula is C25H32ClN3O5. The molecule has 3 N–H and O–H groups in total. The number of nitrogens with one attached hydrogen (secondary N) is 1. The lowest BCUT2D eigenvalue weighted by atomic mass is 10.1. The van der Waals surface area contributed by atoms with Crippen molar-refractivity contribution in [2.45, 2.75) is 46.2 Å². The number of fused-ring (bicyclic) bond motifs is 2. The van der Waals surface area contributed by atoms with E-state index in [4.69, 9.17) is 41.1 Å². The van der Waals surface area contributed by atoms with E-state index < -0.39 is 11.9 Å². The second-order valence-electron chi connectivity index (χ2n) is 8.35. The second kappa shape index (κ2) is 12.4. The summed E-state index contributed by atoms with van der Waals surface area (Å²) in [6, 6.07) is 13.0. The van der Waals surface area contributed by atoms with Crippen molar-refractivity contribution in [1.82, 2.24) is 9.88 Å². The van der Waals surface area contributed by atoms with Gasteiger partial charge in [0, 0.05) is 41.0 Å². The molecule has 9 heteroatoms. The molecule has 3 aromatic rings. The molecular weight excluding hydrogens is 458 g/mol. The molecule has 0 bridgehead atoms. The van der Waals surface area contributed by atoms with Gasteiger partial charge in [-0.25, -0.2) is 14.6 Å². The van der Waals surface area contributed by atoms with Crippen LogP contribution in [-0.4, -0.2) is 64.3 Å². The number of carboxylic acids is 2. The number of methoxy groups -OCH3 is 1. The summed E-state index contributed by atoms with van der Waals surface area (Å²) in [6.07, 6.45) is 1.07. The highest BCUT2D eigenvalue weighted by Crippen LogP contribution is 2.34. The van der Waals surface area contributed by atoms with E-state index >= 15 is 0 Å². The minimum absolute atomic E-state index is 0.550. The molecule has 0 saturated heterocycles. The number of pyridine rings is 1. The monoisotopic (exact) mass is 489 g/mol. The van der Waals surface area contributed by atoms with Crippen molar-refractivity contribution >= 4 is 51.0 Å². The standard InChI is InChI=1S/C23H30ClN3O.C2H2O4/c1-15(2)27(16(3)4)12-6-11-25-23-19-9-7-17(24)13-22(19)26-21-10-8-18(28-5)14-20(21)23;3-1(4)2(5)6/h7-10,13-16H,6,11-12H2,1-5H3,(H,25,26);(H,3,4)(H,5,6). The molecule has 0 aliphatic rings. The van der Waals surface area contributed by atoms with Crippen molar-refractivity contribution in [2.24, 2.45) is 0 Å². The van der Waals surface area contributed by atoms with Gasteiger partial charge in [0.15, 0.2) is 0 Å². The van der Waals surface area contributed by atoms with Gasteiger partial charge in [0.25, 0.3) is 0 Å². The molecule has 0 aliphatic heterocycles. The minimum Gasteiger partial charge on any atom is -0.497 e. The number of rotatable bonds is 8. The molecule has 0 saturated carbocycles. The van der Waals surface area contributed by atoms with Gasteiger partial charge < -0.3 is 20.3 Å². The first-order valence-corrected chi connectivity index (χ1v) is 11.5. The molecule has 0 unspecified atom stereocenters. The molecule has 184 valence electrons. The third kappa shape index (κ3) is 7.20. The Hall–Kier alpha value is -3.10. The number of hydrogen-bond donors (Lipinski definition) is 3. The van der Waals surface area contributed by atoms with Gasteiger partial charge in [0.05, 0.1) is 23.8 Å². The van der Waals surface area contributed by atoms with E-state index in [0.29, 0.717) is 17.1 Å². The van der Waals surface area contributed by atoms with E-state index in [1.165, 1.54) is 0 Å². The maximum absolute atomic E-state index is 9.10. The fraction of sp³-hybridized carbons (Fsp3) is 0.400. The minimum atomic E-state index is -1.82. The first kappa shape index (κ1) is 27.1. The van der Waals surface area contributed by atoms with Gasteiger partial charge in [-0.3, -0.25) is 4.90 Å². The zero-order valence-electron chi connectivity index (χ0n) is 20.1. The average Bonchev–Trinajstić information content (AvgIpc) is 2.77. The van der Waals surface area contributed by atoms with Crippen LogP contribution in [0.4, 0.5) is 5.69 Å². The number of anilines is 1. The van der Waals surface area contributed by atoms with Crippen LogP contribution in [0.3, 0.4) is 0 Å². The molecule has 0 atom stereocenters. The van der Waals surface area contributed by atoms with Gasteiger partial charge in [-0.2, -0.15) is 0 Å². The number of nitrogens with zero attached hydrogens (tertiary/aromatic N) is 2. The quantitative estimate of drug-likeness (QED) is 0.227. The van der Waals surface area contributed by atoms with Crippen LogP contribution in [0.25, 0.3) is 21.8 Å². The van der Waals surface area contributed by atoms with Gasteiger partial charge in [0.2, 0.25) is 0 Å². The van der Waals surface area contributed by atoms with Crippen molar-refractivity contribution in [2.75, 3.05) is 25.5 Å². The smallest absolute Gasteiger partial charge is 0.414 e. The summed E-state index contributed by atoms with van der Waals surface area (Å²) in [5, 5.41) is 21.3. The molecule has 0 spiro atoms. The highest BCUT2D eigenvalue weighted by molar-refractivity contribution is 6.31. The van der Waals surface area contributed by atoms with E-state index in [1.54, 1.807) is 7.11 Å². The number of benzene rings is 2. The van der Waals surface area contributed by atoms with Gasteiger partial charge in [0.1, 0.15) is 5.75 Å². The largest absolute Gasteiger partial charge is 0.497 e. The van der Waals surface area contributed by atoms with Crippen molar-refractivity contribution in [1.29, 1.82) is 0 Å². The zero-order chi connectivity index (χ0) is 25.4. The third-order valence-electron chi connectivity index (χ3n) is 5.35. The van der Waals surface area contributed by atoms with Crippen molar-refractivity contribution in [3.63, 3.8) is 0 Å². The lowest BCUT2D eigenvalue weighted by molar-refractivity contribution is -0.159. The Labute approximate surface area is 204 Å². The van der Waals surface area contributed by atoms with E-state index in [1.807, 2.05) is 36.4 Å². The summed E-state index contributed by atoms with van der Waals surface area (Å²) in [6.45, 7) is 11.0. The Morgan fingerprint density at radius 3 is 2.21 bits per heavy atom. The molecule has 8 nitrogen and oxygen atoms in total. The number of aromatic nitrogens is 1. The predicted molar refractivity (Wildman–Crippen MR) is 136 cm³/mol. The van der Waals surface area contributed by atoms with Crippen LogP contribution >= 0.6 is 11.6 Å². The molecule has 0 aliphatic carbocycles. The van der Waals surface area contributed by atoms with Crippen molar-refractivity contribution < 1.29 is 24.5 Å². The fourth-order valence-electron chi connectivity index (χ4n) is 3.80. The molecule has 1 aromatic heterocycles. The second-order valence-corrected chi connectivity index (χ2v) is 8.78. The van der Waals surface area contributed by atoms with Crippen LogP contribution in [0.2, 0.25) is 5.02 Å². The highest BCUT2D eigenvalue weighted by atomic mass is 35.5. The van der Waals surface area contributed by atoms with E-state index in [-0.39, 0.29) is 0 Å². The normalized spacial score (nSPS) is 11.1. The lowest BCUT2D eigenvalue weighted by Crippen LogP contribution is -2.38. The van der Waals surface area contributed by atoms with E-state index in [0.717, 1.165) is 52.8 Å². The SMILES string of the molecule is COc1ccc2nc3cc(Cl)ccc3c(NCCCN(C(C)C)C(C)C)c2c1.O=C(O)C(=O)O. The summed E-state index contributed by atoms with van der Waals surface area (Å²) < 4.78 is 5.43. The topological polar surface area (TPSA) is 112 Å². The van der Waals surface area contributed by atoms with Crippen LogP contribution in [0.5, 0.6) is 5.75 Å². The summed E-state index contributed by atoms with van der Waals surface area (Å²) in [5.41, 5.74) is 2.93. The molecule has 0 amide bonds. The summed E-state index contributed by atoms with van der Waals surface area (Å²) >= 11 is 6.20. The Balaban J connectivity index is 0.000000604. The van der Waals surface area contributed by atoms with Crippen LogP contribution in [0.1, 0.15) is 34.1 Å². The van der Waals surface area contributed by atoms with Crippen LogP contribution < -0.4 is 10.1 Å². The zero-order valence-corrected chi connectivity index (χ0v) is 20.9. The Bertz CT molecular complexity index is 1130. The maximum Gasteiger partial charge on any atom is 0.414 e. The number of carboxylic acid groups (broad SMARTS) is 2. The number of aliphatic carboxylic acids is 2. The van der Waals surface area contributed by atoms with Gasteiger partial charge >= 0.3 is 11.9 Å². The molecule has 0 fully saturated rings. The first-order valence-electron chi connectivity index (χ1n) is 11.1. The van der Waals surface area contributed by atoms with Crippen molar-refractivity contribution in [3.05, 3.63) is 41.4 Å². The van der Waals surface area contributed by atoms with Crippen LogP contribution in [-0.2, 0) is 9.59 Å². The molecule has 1 heterocycles. The van der Waals surface area contributed by atoms with Crippen molar-refractivity contribution in [3.8, 4) is 5.75 Å². The predicted octanol–water partition coefficient (Wildman–Crippen LogP) is 5.13. The number of carbonyl (C=O) groups is 2. The maximum atomic E-state index is 9.10. The van der Waals surface area contributed by atoms with Gasteiger partial charge in [-0.1, -0.05) is 11.6 Å². The van der Waals surface area contributed by atoms with Gasteiger partial charge in [-0.05, 0) is 70.5 Å². The van der Waals surface area contributed by atoms with Crippen LogP contribution in [0.15, 0.2) is 36.4 Å². The third-order valence-corrected chi connectivity index (χ3v) is 5.58. The summed E-state index contributed by atoms with van der Waals surface area (Å²) in [7, 11) is 1.69. The number of halogens is 1. The van der Waals surface area contributed by atoms with Gasteiger partial charge in [-0.15, -0.1) is 0 Å². The van der Waals surface area contributed by atoms with E-state index in [2.05, 4.69) is 37.9 Å². The molecule has 3 rings (SSSR count). The number of hydrogen-bond acceptors (Lipinski definition) is 6. The fourth-order valence-corrected chi connectivity index (χ4v) is 3.97. The highest BCUT2D eigenvalue weighted by Gasteiger charge is 2.14. The Morgan fingerprint density at radius 1 is 1.00 bits per heavy atom. The summed E-state index contributed by atoms with van der Waals surface area (Å²) in [4.78, 5) is 25.5. The average molecular weight is 490 g/mol. The Morgan fingerprint density at radius 2 is 1.65 bits per heavy atom. The first-order chi connectivity index (χ1) is 16.0. The molecule has 34 heavy (non-hydrogen) atoms.